The highest BCUT2D eigenvalue weighted by atomic mass is 16.7. The van der Waals surface area contributed by atoms with Gasteiger partial charge in [0.15, 0.2) is 5.79 Å². The second kappa shape index (κ2) is 3.55. The lowest BCUT2D eigenvalue weighted by Gasteiger charge is -2.33. The number of rotatable bonds is 2. The Kier molecular flexibility index (Phi) is 2.05. The zero-order valence-corrected chi connectivity index (χ0v) is 12.0. The fourth-order valence-electron chi connectivity index (χ4n) is 6.11. The van der Waals surface area contributed by atoms with Gasteiger partial charge in [-0.15, -0.1) is 0 Å². The van der Waals surface area contributed by atoms with Crippen LogP contribution in [0.25, 0.3) is 0 Å². The molecule has 0 aromatic heterocycles. The summed E-state index contributed by atoms with van der Waals surface area (Å²) in [6, 6.07) is 9.06. The van der Waals surface area contributed by atoms with E-state index < -0.39 is 5.79 Å². The quantitative estimate of drug-likeness (QED) is 0.465. The van der Waals surface area contributed by atoms with Crippen LogP contribution in [0.2, 0.25) is 0 Å². The zero-order chi connectivity index (χ0) is 13.5. The highest BCUT2D eigenvalue weighted by molar-refractivity contribution is 5.47. The molecule has 2 heteroatoms. The number of benzene rings is 1. The normalized spacial score (nSPS) is 44.9. The summed E-state index contributed by atoms with van der Waals surface area (Å²) in [7, 11) is 3.62. The molecule has 0 unspecified atom stereocenters. The van der Waals surface area contributed by atoms with E-state index in [9.17, 15) is 0 Å². The molecule has 4 aliphatic carbocycles. The average molecular weight is 268 g/mol. The first-order chi connectivity index (χ1) is 9.81. The number of hydrogen-bond acceptors (Lipinski definition) is 2. The van der Waals surface area contributed by atoms with Crippen molar-refractivity contribution in [1.29, 1.82) is 0 Å². The van der Waals surface area contributed by atoms with Crippen LogP contribution >= 0.6 is 0 Å². The predicted octanol–water partition coefficient (Wildman–Crippen LogP) is 3.31. The topological polar surface area (TPSA) is 18.5 Å². The largest absolute Gasteiger partial charge is 0.352 e. The summed E-state index contributed by atoms with van der Waals surface area (Å²) in [5.74, 6) is 3.31. The minimum Gasteiger partial charge on any atom is -0.352 e. The fraction of sp³-hybridized carbons (Fsp3) is 0.556. The molecular weight excluding hydrogens is 248 g/mol. The van der Waals surface area contributed by atoms with Crippen molar-refractivity contribution < 1.29 is 9.47 Å². The Hall–Kier alpha value is -1.12. The van der Waals surface area contributed by atoms with Gasteiger partial charge >= 0.3 is 0 Å². The van der Waals surface area contributed by atoms with Gasteiger partial charge in [0, 0.05) is 26.1 Å². The molecule has 0 amide bonds. The van der Waals surface area contributed by atoms with Gasteiger partial charge in [0.05, 0.1) is 0 Å². The SMILES string of the molecule is COC1(OC)[C@@H]2C=C[C@H]1[C@@H]1[C@@H]2[C@@H]2C[C@@H]1c1ccccc12. The summed E-state index contributed by atoms with van der Waals surface area (Å²) in [5, 5.41) is 0. The maximum absolute atomic E-state index is 5.91. The summed E-state index contributed by atoms with van der Waals surface area (Å²) >= 11 is 0. The molecule has 2 fully saturated rings. The first-order valence-electron chi connectivity index (χ1n) is 7.69. The molecule has 4 bridgehead atoms. The molecular formula is C18H20O2. The van der Waals surface area contributed by atoms with Gasteiger partial charge in [-0.3, -0.25) is 0 Å². The third kappa shape index (κ3) is 1.01. The maximum Gasteiger partial charge on any atom is 0.180 e. The Morgan fingerprint density at radius 1 is 0.900 bits per heavy atom. The maximum atomic E-state index is 5.91. The van der Waals surface area contributed by atoms with Crippen molar-refractivity contribution in [3.63, 3.8) is 0 Å². The molecule has 104 valence electrons. The molecule has 6 atom stereocenters. The smallest absolute Gasteiger partial charge is 0.180 e. The Labute approximate surface area is 119 Å². The van der Waals surface area contributed by atoms with Gasteiger partial charge in [-0.05, 0) is 41.2 Å². The van der Waals surface area contributed by atoms with Crippen LogP contribution in [0.1, 0.15) is 29.4 Å². The average Bonchev–Trinajstić information content (AvgIpc) is 3.22. The molecule has 1 aromatic carbocycles. The van der Waals surface area contributed by atoms with Crippen LogP contribution in [-0.2, 0) is 9.47 Å². The van der Waals surface area contributed by atoms with Crippen molar-refractivity contribution in [3.05, 3.63) is 47.5 Å². The van der Waals surface area contributed by atoms with E-state index in [1.807, 2.05) is 14.2 Å². The second-order valence-electron chi connectivity index (χ2n) is 6.80. The summed E-state index contributed by atoms with van der Waals surface area (Å²) in [6.45, 7) is 0. The Morgan fingerprint density at radius 2 is 1.40 bits per heavy atom. The van der Waals surface area contributed by atoms with Gasteiger partial charge in [0.1, 0.15) is 0 Å². The van der Waals surface area contributed by atoms with Crippen LogP contribution < -0.4 is 0 Å². The van der Waals surface area contributed by atoms with E-state index in [1.54, 1.807) is 11.1 Å². The van der Waals surface area contributed by atoms with Crippen LogP contribution in [0.15, 0.2) is 36.4 Å². The Bertz CT molecular complexity index is 554. The van der Waals surface area contributed by atoms with Crippen LogP contribution in [0.3, 0.4) is 0 Å². The van der Waals surface area contributed by atoms with Crippen molar-refractivity contribution in [2.45, 2.75) is 24.0 Å². The van der Waals surface area contributed by atoms with Gasteiger partial charge in [-0.25, -0.2) is 0 Å². The summed E-state index contributed by atoms with van der Waals surface area (Å²) < 4.78 is 11.8. The molecule has 0 N–H and O–H groups in total. The van der Waals surface area contributed by atoms with Crippen LogP contribution in [0, 0.1) is 23.7 Å². The van der Waals surface area contributed by atoms with E-state index in [-0.39, 0.29) is 0 Å². The number of fused-ring (bicyclic) bond motifs is 12. The molecule has 2 nitrogen and oxygen atoms in total. The summed E-state index contributed by atoms with van der Waals surface area (Å²) in [4.78, 5) is 0. The third-order valence-corrected chi connectivity index (χ3v) is 6.60. The van der Waals surface area contributed by atoms with Crippen molar-refractivity contribution in [2.75, 3.05) is 14.2 Å². The highest BCUT2D eigenvalue weighted by Crippen LogP contribution is 2.72. The molecule has 0 spiro atoms. The second-order valence-corrected chi connectivity index (χ2v) is 6.80. The molecule has 1 aromatic rings. The molecule has 20 heavy (non-hydrogen) atoms. The summed E-state index contributed by atoms with van der Waals surface area (Å²) in [5.41, 5.74) is 3.20. The van der Waals surface area contributed by atoms with Gasteiger partial charge in [0.2, 0.25) is 0 Å². The van der Waals surface area contributed by atoms with E-state index in [0.717, 1.165) is 0 Å². The molecule has 0 radical (unpaired) electrons. The monoisotopic (exact) mass is 268 g/mol. The van der Waals surface area contributed by atoms with E-state index in [2.05, 4.69) is 36.4 Å². The number of ether oxygens (including phenoxy) is 2. The lowest BCUT2D eigenvalue weighted by Crippen LogP contribution is -2.41. The van der Waals surface area contributed by atoms with E-state index in [1.165, 1.54) is 6.42 Å². The number of hydrogen-bond donors (Lipinski definition) is 0. The minimum atomic E-state index is -0.395. The first kappa shape index (κ1) is 11.5. The summed E-state index contributed by atoms with van der Waals surface area (Å²) in [6.07, 6.45) is 6.07. The molecule has 4 aliphatic rings. The van der Waals surface area contributed by atoms with Crippen LogP contribution in [-0.4, -0.2) is 20.0 Å². The van der Waals surface area contributed by atoms with E-state index >= 15 is 0 Å². The van der Waals surface area contributed by atoms with Crippen molar-refractivity contribution in [1.82, 2.24) is 0 Å². The van der Waals surface area contributed by atoms with E-state index in [0.29, 0.717) is 35.5 Å². The highest BCUT2D eigenvalue weighted by Gasteiger charge is 2.70. The lowest BCUT2D eigenvalue weighted by molar-refractivity contribution is -0.235. The Balaban J connectivity index is 1.66. The molecule has 5 rings (SSSR count). The van der Waals surface area contributed by atoms with Crippen molar-refractivity contribution in [3.8, 4) is 0 Å². The lowest BCUT2D eigenvalue weighted by atomic mass is 9.71. The van der Waals surface area contributed by atoms with Crippen LogP contribution in [0.4, 0.5) is 0 Å². The predicted molar refractivity (Wildman–Crippen MR) is 76.4 cm³/mol. The molecule has 0 aliphatic heterocycles. The minimum absolute atomic E-state index is 0.395. The fourth-order valence-corrected chi connectivity index (χ4v) is 6.11. The molecule has 2 saturated carbocycles. The van der Waals surface area contributed by atoms with E-state index in [4.69, 9.17) is 9.47 Å². The molecule has 0 saturated heterocycles. The van der Waals surface area contributed by atoms with Crippen LogP contribution in [0.5, 0.6) is 0 Å². The molecule has 0 heterocycles. The van der Waals surface area contributed by atoms with Crippen molar-refractivity contribution >= 4 is 0 Å². The standard InChI is InChI=1S/C18H20O2/c1-19-18(20-2)14-7-8-15(18)17-13-9-12(16(14)17)10-5-3-4-6-11(10)13/h3-8,12-17H,9H2,1-2H3/t12-,13-,14-,15+,16-,17-/m1/s1. The van der Waals surface area contributed by atoms with Gasteiger partial charge in [-0.1, -0.05) is 36.4 Å². The van der Waals surface area contributed by atoms with Gasteiger partial charge in [0.25, 0.3) is 0 Å². The number of methoxy groups -OCH3 is 2. The van der Waals surface area contributed by atoms with Gasteiger partial charge in [-0.2, -0.15) is 0 Å². The zero-order valence-electron chi connectivity index (χ0n) is 12.0. The van der Waals surface area contributed by atoms with Crippen molar-refractivity contribution in [2.24, 2.45) is 23.7 Å². The third-order valence-electron chi connectivity index (χ3n) is 6.60. The first-order valence-corrected chi connectivity index (χ1v) is 7.69. The Morgan fingerprint density at radius 3 is 1.85 bits per heavy atom. The van der Waals surface area contributed by atoms with Gasteiger partial charge < -0.3 is 9.47 Å².